The number of allylic oxidation sites excluding steroid dienone is 2. The molecule has 3 heterocycles. The zero-order chi connectivity index (χ0) is 26.7. The second-order valence-electron chi connectivity index (χ2n) is 10.5. The van der Waals surface area contributed by atoms with Crippen molar-refractivity contribution in [2.45, 2.75) is 46.5 Å². The van der Waals surface area contributed by atoms with Crippen molar-refractivity contribution in [1.82, 2.24) is 9.97 Å². The molecule has 202 valence electrons. The maximum absolute atomic E-state index is 11.7. The number of hydrogen-bond acceptors (Lipinski definition) is 7. The van der Waals surface area contributed by atoms with Gasteiger partial charge in [-0.2, -0.15) is 0 Å². The third-order valence-electron chi connectivity index (χ3n) is 7.29. The topological polar surface area (TPSA) is 97.9 Å². The second-order valence-corrected chi connectivity index (χ2v) is 10.5. The van der Waals surface area contributed by atoms with Gasteiger partial charge in [0.2, 0.25) is 5.89 Å². The number of oxazole rings is 1. The molecule has 0 radical (unpaired) electrons. The number of anilines is 1. The van der Waals surface area contributed by atoms with Gasteiger partial charge in [0.15, 0.2) is 0 Å². The normalized spacial score (nSPS) is 15.3. The van der Waals surface area contributed by atoms with Crippen LogP contribution < -0.4 is 9.64 Å². The fourth-order valence-electron chi connectivity index (χ4n) is 5.01. The number of carbonyl (C=O) groups is 1. The van der Waals surface area contributed by atoms with Crippen LogP contribution in [-0.4, -0.2) is 83.5 Å². The number of aliphatic carboxylic acids is 1. The Kier molecular flexibility index (Phi) is 9.54. The molecule has 1 saturated heterocycles. The van der Waals surface area contributed by atoms with E-state index in [1.54, 1.807) is 13.8 Å². The Bertz CT molecular complexity index is 1330. The Morgan fingerprint density at radius 3 is 2.69 bits per heavy atom. The Morgan fingerprint density at radius 2 is 1.97 bits per heavy atom. The summed E-state index contributed by atoms with van der Waals surface area (Å²) in [6, 6.07) is 10.0. The van der Waals surface area contributed by atoms with Gasteiger partial charge in [0.05, 0.1) is 36.5 Å². The van der Waals surface area contributed by atoms with E-state index < -0.39 is 11.4 Å². The molecule has 1 N–H and O–H groups in total. The van der Waals surface area contributed by atoms with Gasteiger partial charge in [-0.3, -0.25) is 4.79 Å². The molecular formula is C30H36N3NaO5. The number of ether oxygens (including phenoxy) is 2. The molecule has 1 aliphatic carbocycles. The average Bonchev–Trinajstić information content (AvgIpc) is 3.29. The summed E-state index contributed by atoms with van der Waals surface area (Å²) in [7, 11) is 0. The van der Waals surface area contributed by atoms with Crippen molar-refractivity contribution in [2.75, 3.05) is 37.8 Å². The standard InChI is InChI=1S/C30H35N3O5.Na.H/c1-20-25(32-28(38-20)22-10-11-27(31-19-22)33-13-16-36-17-14-33)12-15-37-26-9-5-7-23-21(6-4-8-24(23)26)18-30(2,3)29(34)35;;/h5-7,9-11,19H,4,8,12-18H2,1-3H3,(H,34,35);;. The van der Waals surface area contributed by atoms with Gasteiger partial charge in [0, 0.05) is 31.3 Å². The Morgan fingerprint density at radius 1 is 1.18 bits per heavy atom. The average molecular weight is 542 g/mol. The van der Waals surface area contributed by atoms with Gasteiger partial charge in [-0.15, -0.1) is 0 Å². The van der Waals surface area contributed by atoms with E-state index in [1.165, 1.54) is 0 Å². The molecule has 5 rings (SSSR count). The van der Waals surface area contributed by atoms with Crippen LogP contribution in [0.4, 0.5) is 5.82 Å². The molecule has 0 amide bonds. The van der Waals surface area contributed by atoms with E-state index in [0.29, 0.717) is 25.3 Å². The monoisotopic (exact) mass is 541 g/mol. The van der Waals surface area contributed by atoms with E-state index in [2.05, 4.69) is 22.0 Å². The van der Waals surface area contributed by atoms with Gasteiger partial charge in [0.25, 0.3) is 0 Å². The summed E-state index contributed by atoms with van der Waals surface area (Å²) in [5.41, 5.74) is 4.21. The van der Waals surface area contributed by atoms with E-state index >= 15 is 0 Å². The van der Waals surface area contributed by atoms with Gasteiger partial charge < -0.3 is 23.9 Å². The summed E-state index contributed by atoms with van der Waals surface area (Å²) < 4.78 is 17.6. The Hall–Kier alpha value is -2.65. The van der Waals surface area contributed by atoms with Crippen LogP contribution in [0.2, 0.25) is 0 Å². The van der Waals surface area contributed by atoms with Crippen molar-refractivity contribution in [1.29, 1.82) is 0 Å². The second kappa shape index (κ2) is 12.7. The Labute approximate surface area is 251 Å². The molecule has 8 nitrogen and oxygen atoms in total. The van der Waals surface area contributed by atoms with Crippen molar-refractivity contribution < 1.29 is 23.8 Å². The molecular weight excluding hydrogens is 505 g/mol. The minimum absolute atomic E-state index is 0. The van der Waals surface area contributed by atoms with Gasteiger partial charge >= 0.3 is 35.5 Å². The van der Waals surface area contributed by atoms with Crippen molar-refractivity contribution in [3.05, 3.63) is 65.2 Å². The first-order valence-electron chi connectivity index (χ1n) is 13.2. The number of aryl methyl sites for hydroxylation is 1. The zero-order valence-electron chi connectivity index (χ0n) is 22.3. The molecule has 0 atom stereocenters. The number of rotatable bonds is 9. The predicted octanol–water partition coefficient (Wildman–Crippen LogP) is 4.69. The molecule has 0 bridgehead atoms. The van der Waals surface area contributed by atoms with Crippen molar-refractivity contribution >= 4 is 46.9 Å². The summed E-state index contributed by atoms with van der Waals surface area (Å²) in [6.45, 7) is 9.07. The van der Waals surface area contributed by atoms with Crippen LogP contribution in [0.5, 0.6) is 5.75 Å². The fourth-order valence-corrected chi connectivity index (χ4v) is 5.01. The van der Waals surface area contributed by atoms with E-state index in [4.69, 9.17) is 18.9 Å². The van der Waals surface area contributed by atoms with Crippen molar-refractivity contribution in [3.8, 4) is 17.2 Å². The number of pyridine rings is 1. The minimum atomic E-state index is -0.822. The number of morpholine rings is 1. The molecule has 2 aliphatic rings. The number of hydrogen-bond donors (Lipinski definition) is 1. The van der Waals surface area contributed by atoms with E-state index in [9.17, 15) is 9.90 Å². The Balaban J connectivity index is 0.00000353. The number of carboxylic acids is 1. The predicted molar refractivity (Wildman–Crippen MR) is 153 cm³/mol. The third-order valence-corrected chi connectivity index (χ3v) is 7.29. The van der Waals surface area contributed by atoms with E-state index in [0.717, 1.165) is 84.4 Å². The molecule has 3 aromatic rings. The number of carboxylic acid groups (broad SMARTS) is 1. The first-order chi connectivity index (χ1) is 18.3. The van der Waals surface area contributed by atoms with Crippen LogP contribution in [0.3, 0.4) is 0 Å². The molecule has 0 spiro atoms. The summed E-state index contributed by atoms with van der Waals surface area (Å²) >= 11 is 0. The molecule has 2 aromatic heterocycles. The first-order valence-corrected chi connectivity index (χ1v) is 13.2. The quantitative estimate of drug-likeness (QED) is 0.390. The van der Waals surface area contributed by atoms with Crippen LogP contribution >= 0.6 is 0 Å². The summed E-state index contributed by atoms with van der Waals surface area (Å²) in [6.07, 6.45) is 6.84. The van der Waals surface area contributed by atoms with Gasteiger partial charge in [-0.25, -0.2) is 9.97 Å². The molecule has 9 heteroatoms. The maximum atomic E-state index is 11.7. The van der Waals surface area contributed by atoms with E-state index in [-0.39, 0.29) is 29.6 Å². The van der Waals surface area contributed by atoms with Gasteiger partial charge in [-0.05, 0) is 69.4 Å². The number of benzene rings is 1. The number of fused-ring (bicyclic) bond motifs is 1. The van der Waals surface area contributed by atoms with Gasteiger partial charge in [-0.1, -0.05) is 18.2 Å². The number of nitrogens with zero attached hydrogens (tertiary/aromatic N) is 3. The molecule has 39 heavy (non-hydrogen) atoms. The molecule has 0 unspecified atom stereocenters. The van der Waals surface area contributed by atoms with Crippen LogP contribution in [0.15, 0.2) is 47.0 Å². The SMILES string of the molecule is Cc1oc(-c2ccc(N3CCOCC3)nc2)nc1CCOc1cccc2c1CCC=C2CC(C)(C)C(=O)O.[NaH]. The van der Waals surface area contributed by atoms with Crippen LogP contribution in [0.25, 0.3) is 17.0 Å². The van der Waals surface area contributed by atoms with Crippen molar-refractivity contribution in [2.24, 2.45) is 5.41 Å². The van der Waals surface area contributed by atoms with Crippen molar-refractivity contribution in [3.63, 3.8) is 0 Å². The van der Waals surface area contributed by atoms with Crippen LogP contribution in [-0.2, 0) is 22.4 Å². The van der Waals surface area contributed by atoms with Gasteiger partial charge in [0.1, 0.15) is 17.3 Å². The molecule has 0 saturated carbocycles. The molecule has 1 aromatic carbocycles. The molecule has 1 fully saturated rings. The third kappa shape index (κ3) is 6.74. The summed E-state index contributed by atoms with van der Waals surface area (Å²) in [5.74, 6) is 2.34. The van der Waals surface area contributed by atoms with Crippen LogP contribution in [0, 0.1) is 12.3 Å². The first kappa shape index (κ1) is 29.3. The summed E-state index contributed by atoms with van der Waals surface area (Å²) in [5, 5.41) is 9.59. The fraction of sp³-hybridized carbons (Fsp3) is 0.433. The molecule has 1 aliphatic heterocycles. The van der Waals surface area contributed by atoms with E-state index in [1.807, 2.05) is 37.4 Å². The summed E-state index contributed by atoms with van der Waals surface area (Å²) in [4.78, 5) is 23.2. The zero-order valence-corrected chi connectivity index (χ0v) is 22.3. The van der Waals surface area contributed by atoms with Crippen LogP contribution in [0.1, 0.15) is 49.3 Å². The number of aromatic nitrogens is 2.